The van der Waals surface area contributed by atoms with Crippen LogP contribution in [-0.4, -0.2) is 26.3 Å². The van der Waals surface area contributed by atoms with Gasteiger partial charge < -0.3 is 5.11 Å². The van der Waals surface area contributed by atoms with Gasteiger partial charge in [0.05, 0.1) is 22.7 Å². The van der Waals surface area contributed by atoms with E-state index in [1.54, 1.807) is 25.1 Å². The first-order valence-electron chi connectivity index (χ1n) is 9.29. The maximum Gasteiger partial charge on any atom is 0.335 e. The van der Waals surface area contributed by atoms with Gasteiger partial charge in [-0.1, -0.05) is 12.1 Å². The van der Waals surface area contributed by atoms with E-state index in [2.05, 4.69) is 10.1 Å². The number of carbonyl (C=O) groups is 1. The molecule has 0 atom stereocenters. The predicted molar refractivity (Wildman–Crippen MR) is 114 cm³/mol. The third-order valence-corrected chi connectivity index (χ3v) is 4.80. The number of carbonyl (C=O) groups excluding carboxylic acids is 1. The van der Waals surface area contributed by atoms with E-state index >= 15 is 0 Å². The van der Waals surface area contributed by atoms with Gasteiger partial charge in [-0.2, -0.15) is 10.1 Å². The molecular formula is C22H17FN4O4. The quantitative estimate of drug-likeness (QED) is 0.635. The van der Waals surface area contributed by atoms with Crippen LogP contribution in [0.25, 0.3) is 11.8 Å². The van der Waals surface area contributed by atoms with E-state index in [0.29, 0.717) is 17.1 Å². The average molecular weight is 420 g/mol. The first kappa shape index (κ1) is 20.0. The Bertz CT molecular complexity index is 1380. The van der Waals surface area contributed by atoms with Crippen LogP contribution in [-0.2, 0) is 4.79 Å². The summed E-state index contributed by atoms with van der Waals surface area (Å²) >= 11 is 0. The SMILES string of the molecule is CC1=NN(c2ccc(F)cc2)C(=O)/C1=C/c1c(O)n(-c2cccc(C)c2)c(=O)[nH]c1=O. The number of benzene rings is 2. The van der Waals surface area contributed by atoms with Crippen LogP contribution in [0.3, 0.4) is 0 Å². The van der Waals surface area contributed by atoms with Gasteiger partial charge in [-0.05, 0) is 61.9 Å². The van der Waals surface area contributed by atoms with Gasteiger partial charge in [0.15, 0.2) is 0 Å². The molecule has 0 bridgehead atoms. The summed E-state index contributed by atoms with van der Waals surface area (Å²) in [6, 6.07) is 12.0. The van der Waals surface area contributed by atoms with Gasteiger partial charge >= 0.3 is 5.69 Å². The standard InChI is InChI=1S/C22H17FN4O4/c1-12-4-3-5-16(10-12)26-20(29)18(19(28)24-22(26)31)11-17-13(2)25-27(21(17)30)15-8-6-14(23)7-9-15/h3-11,29H,1-2H3,(H,24,28,31)/b17-11+. The second-order valence-electron chi connectivity index (χ2n) is 7.01. The van der Waals surface area contributed by atoms with E-state index in [4.69, 9.17) is 0 Å². The fraction of sp³-hybridized carbons (Fsp3) is 0.0909. The molecule has 3 aromatic rings. The van der Waals surface area contributed by atoms with Gasteiger partial charge in [0, 0.05) is 0 Å². The highest BCUT2D eigenvalue weighted by Crippen LogP contribution is 2.26. The number of aromatic hydroxyl groups is 1. The molecule has 1 aliphatic heterocycles. The topological polar surface area (TPSA) is 108 Å². The minimum atomic E-state index is -0.847. The van der Waals surface area contributed by atoms with Crippen molar-refractivity contribution in [2.24, 2.45) is 5.10 Å². The zero-order valence-corrected chi connectivity index (χ0v) is 16.6. The minimum absolute atomic E-state index is 0.0552. The highest BCUT2D eigenvalue weighted by molar-refractivity contribution is 6.32. The van der Waals surface area contributed by atoms with Gasteiger partial charge in [-0.25, -0.2) is 13.8 Å². The van der Waals surface area contributed by atoms with E-state index in [1.165, 1.54) is 30.3 Å². The summed E-state index contributed by atoms with van der Waals surface area (Å²) in [7, 11) is 0. The number of hydrazone groups is 1. The van der Waals surface area contributed by atoms with Crippen LogP contribution in [0.4, 0.5) is 10.1 Å². The van der Waals surface area contributed by atoms with Crippen LogP contribution in [0.15, 0.2) is 68.8 Å². The Kier molecular flexibility index (Phi) is 4.86. The van der Waals surface area contributed by atoms with Crippen LogP contribution < -0.4 is 16.3 Å². The molecular weight excluding hydrogens is 403 g/mol. The molecule has 0 unspecified atom stereocenters. The van der Waals surface area contributed by atoms with E-state index < -0.39 is 28.9 Å². The molecule has 156 valence electrons. The normalized spacial score (nSPS) is 14.9. The summed E-state index contributed by atoms with van der Waals surface area (Å²) in [5, 5.41) is 16.0. The fourth-order valence-electron chi connectivity index (χ4n) is 3.26. The minimum Gasteiger partial charge on any atom is -0.494 e. The number of nitrogens with zero attached hydrogens (tertiary/aromatic N) is 3. The van der Waals surface area contributed by atoms with Crippen molar-refractivity contribution in [3.63, 3.8) is 0 Å². The molecule has 0 saturated carbocycles. The Labute approximate surface area is 175 Å². The molecule has 2 N–H and O–H groups in total. The second kappa shape index (κ2) is 7.52. The predicted octanol–water partition coefficient (Wildman–Crippen LogP) is 2.49. The van der Waals surface area contributed by atoms with Crippen LogP contribution in [0.2, 0.25) is 0 Å². The van der Waals surface area contributed by atoms with Crippen LogP contribution in [0, 0.1) is 12.7 Å². The number of halogens is 1. The van der Waals surface area contributed by atoms with Crippen LogP contribution in [0.5, 0.6) is 5.88 Å². The Balaban J connectivity index is 1.82. The summed E-state index contributed by atoms with van der Waals surface area (Å²) in [6.45, 7) is 3.39. The number of nitrogens with one attached hydrogen (secondary N) is 1. The number of hydrogen-bond donors (Lipinski definition) is 2. The number of H-pyrrole nitrogens is 1. The highest BCUT2D eigenvalue weighted by atomic mass is 19.1. The molecule has 1 aliphatic rings. The zero-order valence-electron chi connectivity index (χ0n) is 16.6. The lowest BCUT2D eigenvalue weighted by atomic mass is 10.1. The van der Waals surface area contributed by atoms with Gasteiger partial charge in [0.25, 0.3) is 11.5 Å². The van der Waals surface area contributed by atoms with Gasteiger partial charge in [0.1, 0.15) is 11.4 Å². The van der Waals surface area contributed by atoms with E-state index in [0.717, 1.165) is 15.1 Å². The molecule has 4 rings (SSSR count). The Morgan fingerprint density at radius 3 is 2.42 bits per heavy atom. The Morgan fingerprint density at radius 1 is 1.03 bits per heavy atom. The number of aromatic amines is 1. The third kappa shape index (κ3) is 3.57. The molecule has 1 aromatic heterocycles. The van der Waals surface area contributed by atoms with Crippen molar-refractivity contribution in [3.8, 4) is 11.6 Å². The lowest BCUT2D eigenvalue weighted by molar-refractivity contribution is -0.114. The van der Waals surface area contributed by atoms with Crippen molar-refractivity contribution in [2.45, 2.75) is 13.8 Å². The first-order valence-corrected chi connectivity index (χ1v) is 9.29. The van der Waals surface area contributed by atoms with Crippen molar-refractivity contribution < 1.29 is 14.3 Å². The maximum atomic E-state index is 13.2. The molecule has 9 heteroatoms. The molecule has 0 aliphatic carbocycles. The number of hydrogen-bond acceptors (Lipinski definition) is 5. The fourth-order valence-corrected chi connectivity index (χ4v) is 3.26. The van der Waals surface area contributed by atoms with E-state index in [9.17, 15) is 23.9 Å². The largest absolute Gasteiger partial charge is 0.494 e. The number of aryl methyl sites for hydroxylation is 1. The van der Waals surface area contributed by atoms with E-state index in [1.807, 2.05) is 13.0 Å². The second-order valence-corrected chi connectivity index (χ2v) is 7.01. The lowest BCUT2D eigenvalue weighted by Crippen LogP contribution is -2.30. The van der Waals surface area contributed by atoms with Gasteiger partial charge in [-0.15, -0.1) is 0 Å². The molecule has 0 fully saturated rings. The molecule has 2 heterocycles. The molecule has 1 amide bonds. The first-order chi connectivity index (χ1) is 14.8. The Morgan fingerprint density at radius 2 is 1.74 bits per heavy atom. The average Bonchev–Trinajstić information content (AvgIpc) is 2.99. The van der Waals surface area contributed by atoms with Crippen molar-refractivity contribution in [2.75, 3.05) is 5.01 Å². The van der Waals surface area contributed by atoms with Crippen molar-refractivity contribution in [1.29, 1.82) is 0 Å². The van der Waals surface area contributed by atoms with Crippen molar-refractivity contribution in [1.82, 2.24) is 9.55 Å². The van der Waals surface area contributed by atoms with Gasteiger partial charge in [-0.3, -0.25) is 14.6 Å². The molecule has 0 saturated heterocycles. The number of aromatic nitrogens is 2. The molecule has 2 aromatic carbocycles. The monoisotopic (exact) mass is 420 g/mol. The summed E-state index contributed by atoms with van der Waals surface area (Å²) in [5.74, 6) is -1.62. The molecule has 31 heavy (non-hydrogen) atoms. The summed E-state index contributed by atoms with van der Waals surface area (Å²) in [5.41, 5.74) is -0.0303. The zero-order chi connectivity index (χ0) is 22.3. The van der Waals surface area contributed by atoms with Gasteiger partial charge in [0.2, 0.25) is 5.88 Å². The van der Waals surface area contributed by atoms with Crippen LogP contribution in [0.1, 0.15) is 18.1 Å². The number of rotatable bonds is 3. The number of amides is 1. The molecule has 8 nitrogen and oxygen atoms in total. The highest BCUT2D eigenvalue weighted by Gasteiger charge is 2.30. The smallest absolute Gasteiger partial charge is 0.335 e. The summed E-state index contributed by atoms with van der Waals surface area (Å²) in [4.78, 5) is 39.8. The maximum absolute atomic E-state index is 13.2. The molecule has 0 spiro atoms. The van der Waals surface area contributed by atoms with E-state index in [-0.39, 0.29) is 11.1 Å². The number of anilines is 1. The van der Waals surface area contributed by atoms with Crippen molar-refractivity contribution >= 4 is 23.4 Å². The summed E-state index contributed by atoms with van der Waals surface area (Å²) < 4.78 is 14.1. The molecule has 0 radical (unpaired) electrons. The Hall–Kier alpha value is -4.27. The lowest BCUT2D eigenvalue weighted by Gasteiger charge is -2.12. The van der Waals surface area contributed by atoms with Crippen LogP contribution >= 0.6 is 0 Å². The van der Waals surface area contributed by atoms with Crippen molar-refractivity contribution in [3.05, 3.63) is 91.9 Å². The third-order valence-electron chi connectivity index (χ3n) is 4.80. The summed E-state index contributed by atoms with van der Waals surface area (Å²) in [6.07, 6.45) is 1.19.